The summed E-state index contributed by atoms with van der Waals surface area (Å²) in [5.41, 5.74) is 1.19. The van der Waals surface area contributed by atoms with Gasteiger partial charge in [-0.3, -0.25) is 0 Å². The molecule has 0 fully saturated rings. The third-order valence-electron chi connectivity index (χ3n) is 4.48. The SMILES string of the molecule is CCc1cc2c(OCC(=O)OC)nc(SC)nc2n1Cc1cccc(C(F)(F)F)c1. The van der Waals surface area contributed by atoms with Crippen LogP contribution < -0.4 is 4.74 Å². The van der Waals surface area contributed by atoms with Crippen molar-refractivity contribution >= 4 is 28.8 Å². The lowest BCUT2D eigenvalue weighted by Crippen LogP contribution is -2.14. The Balaban J connectivity index is 2.07. The molecule has 0 saturated heterocycles. The van der Waals surface area contributed by atoms with E-state index in [9.17, 15) is 18.0 Å². The molecule has 30 heavy (non-hydrogen) atoms. The lowest BCUT2D eigenvalue weighted by Gasteiger charge is -2.13. The van der Waals surface area contributed by atoms with Gasteiger partial charge in [0, 0.05) is 12.2 Å². The van der Waals surface area contributed by atoms with Gasteiger partial charge in [0.15, 0.2) is 11.8 Å². The molecular formula is C20H20F3N3O3S. The molecule has 160 valence electrons. The van der Waals surface area contributed by atoms with Crippen LogP contribution in [0.1, 0.15) is 23.7 Å². The number of aromatic nitrogens is 3. The first-order valence-corrected chi connectivity index (χ1v) is 10.3. The van der Waals surface area contributed by atoms with E-state index < -0.39 is 17.7 Å². The van der Waals surface area contributed by atoms with E-state index in [4.69, 9.17) is 4.74 Å². The van der Waals surface area contributed by atoms with Gasteiger partial charge in [0.05, 0.1) is 18.1 Å². The van der Waals surface area contributed by atoms with Crippen LogP contribution in [-0.2, 0) is 28.7 Å². The van der Waals surface area contributed by atoms with Crippen molar-refractivity contribution in [3.8, 4) is 5.88 Å². The zero-order chi connectivity index (χ0) is 21.9. The normalized spacial score (nSPS) is 11.7. The number of benzene rings is 1. The van der Waals surface area contributed by atoms with Crippen LogP contribution in [0.2, 0.25) is 0 Å². The molecule has 0 bridgehead atoms. The van der Waals surface area contributed by atoms with Gasteiger partial charge in [-0.2, -0.15) is 18.2 Å². The van der Waals surface area contributed by atoms with Crippen molar-refractivity contribution in [2.75, 3.05) is 20.0 Å². The fourth-order valence-corrected chi connectivity index (χ4v) is 3.37. The van der Waals surface area contributed by atoms with Gasteiger partial charge < -0.3 is 14.0 Å². The predicted octanol–water partition coefficient (Wildman–Crippen LogP) is 4.33. The molecule has 0 radical (unpaired) electrons. The summed E-state index contributed by atoms with van der Waals surface area (Å²) in [6.07, 6.45) is -1.99. The number of hydrogen-bond acceptors (Lipinski definition) is 6. The van der Waals surface area contributed by atoms with Gasteiger partial charge >= 0.3 is 12.1 Å². The first-order valence-electron chi connectivity index (χ1n) is 9.06. The fourth-order valence-electron chi connectivity index (χ4n) is 3.02. The molecule has 0 unspecified atom stereocenters. The molecule has 3 aromatic rings. The highest BCUT2D eigenvalue weighted by atomic mass is 32.2. The average Bonchev–Trinajstić information content (AvgIpc) is 3.08. The highest BCUT2D eigenvalue weighted by Gasteiger charge is 2.30. The lowest BCUT2D eigenvalue weighted by molar-refractivity contribution is -0.143. The number of ether oxygens (including phenoxy) is 2. The van der Waals surface area contributed by atoms with E-state index >= 15 is 0 Å². The molecular weight excluding hydrogens is 419 g/mol. The molecule has 0 spiro atoms. The van der Waals surface area contributed by atoms with Crippen molar-refractivity contribution in [3.63, 3.8) is 0 Å². The number of methoxy groups -OCH3 is 1. The Labute approximate surface area is 175 Å². The average molecular weight is 439 g/mol. The van der Waals surface area contributed by atoms with Crippen LogP contribution in [0.4, 0.5) is 13.2 Å². The molecule has 0 amide bonds. The Morgan fingerprint density at radius 2 is 2.00 bits per heavy atom. The highest BCUT2D eigenvalue weighted by molar-refractivity contribution is 7.98. The van der Waals surface area contributed by atoms with Crippen molar-refractivity contribution in [2.45, 2.75) is 31.2 Å². The van der Waals surface area contributed by atoms with Gasteiger partial charge in [-0.1, -0.05) is 30.8 Å². The van der Waals surface area contributed by atoms with E-state index in [1.807, 2.05) is 17.6 Å². The molecule has 6 nitrogen and oxygen atoms in total. The molecule has 0 aliphatic heterocycles. The predicted molar refractivity (Wildman–Crippen MR) is 107 cm³/mol. The van der Waals surface area contributed by atoms with Crippen LogP contribution in [0.15, 0.2) is 35.5 Å². The minimum atomic E-state index is -4.41. The number of fused-ring (bicyclic) bond motifs is 1. The van der Waals surface area contributed by atoms with Crippen LogP contribution in [0.25, 0.3) is 11.0 Å². The van der Waals surface area contributed by atoms with Crippen molar-refractivity contribution in [3.05, 3.63) is 47.2 Å². The van der Waals surface area contributed by atoms with Gasteiger partial charge in [0.25, 0.3) is 0 Å². The van der Waals surface area contributed by atoms with Gasteiger partial charge in [-0.05, 0) is 36.4 Å². The monoisotopic (exact) mass is 439 g/mol. The molecule has 0 saturated carbocycles. The smallest absolute Gasteiger partial charge is 0.416 e. The molecule has 10 heteroatoms. The Bertz CT molecular complexity index is 1070. The van der Waals surface area contributed by atoms with Crippen LogP contribution in [0.3, 0.4) is 0 Å². The minimum Gasteiger partial charge on any atom is -0.466 e. The van der Waals surface area contributed by atoms with Crippen molar-refractivity contribution in [2.24, 2.45) is 0 Å². The number of carbonyl (C=O) groups excluding carboxylic acids is 1. The fraction of sp³-hybridized carbons (Fsp3) is 0.350. The van der Waals surface area contributed by atoms with E-state index in [1.165, 1.54) is 24.9 Å². The van der Waals surface area contributed by atoms with Gasteiger partial charge in [0.1, 0.15) is 5.65 Å². The van der Waals surface area contributed by atoms with Gasteiger partial charge in [-0.15, -0.1) is 0 Å². The summed E-state index contributed by atoms with van der Waals surface area (Å²) < 4.78 is 51.3. The second-order valence-electron chi connectivity index (χ2n) is 6.39. The second kappa shape index (κ2) is 8.95. The summed E-state index contributed by atoms with van der Waals surface area (Å²) in [4.78, 5) is 20.3. The second-order valence-corrected chi connectivity index (χ2v) is 7.16. The summed E-state index contributed by atoms with van der Waals surface area (Å²) in [6.45, 7) is 1.84. The summed E-state index contributed by atoms with van der Waals surface area (Å²) in [7, 11) is 1.26. The minimum absolute atomic E-state index is 0.206. The number of alkyl halides is 3. The Morgan fingerprint density at radius 3 is 2.63 bits per heavy atom. The molecule has 0 N–H and O–H groups in total. The zero-order valence-electron chi connectivity index (χ0n) is 16.6. The number of esters is 1. The Kier molecular flexibility index (Phi) is 6.55. The van der Waals surface area contributed by atoms with E-state index in [0.717, 1.165) is 17.8 Å². The third kappa shape index (κ3) is 4.69. The van der Waals surface area contributed by atoms with Crippen LogP contribution in [0, 0.1) is 0 Å². The number of aryl methyl sites for hydroxylation is 1. The van der Waals surface area contributed by atoms with Gasteiger partial charge in [-0.25, -0.2) is 9.78 Å². The molecule has 0 aliphatic carbocycles. The zero-order valence-corrected chi connectivity index (χ0v) is 17.4. The van der Waals surface area contributed by atoms with Crippen molar-refractivity contribution < 1.29 is 27.4 Å². The number of nitrogens with zero attached hydrogens (tertiary/aromatic N) is 3. The molecule has 0 atom stereocenters. The van der Waals surface area contributed by atoms with E-state index in [2.05, 4.69) is 14.7 Å². The lowest BCUT2D eigenvalue weighted by atomic mass is 10.1. The maximum atomic E-state index is 13.1. The summed E-state index contributed by atoms with van der Waals surface area (Å²) in [6, 6.07) is 7.05. The maximum Gasteiger partial charge on any atom is 0.416 e. The molecule has 2 heterocycles. The van der Waals surface area contributed by atoms with Crippen molar-refractivity contribution in [1.29, 1.82) is 0 Å². The van der Waals surface area contributed by atoms with Crippen LogP contribution in [0.5, 0.6) is 5.88 Å². The summed E-state index contributed by atoms with van der Waals surface area (Å²) in [5.74, 6) is -0.321. The van der Waals surface area contributed by atoms with E-state index in [0.29, 0.717) is 28.2 Å². The van der Waals surface area contributed by atoms with E-state index in [1.54, 1.807) is 12.3 Å². The quantitative estimate of drug-likeness (QED) is 0.310. The Hall–Kier alpha value is -2.75. The molecule has 2 aromatic heterocycles. The molecule has 0 aliphatic rings. The first kappa shape index (κ1) is 21.9. The standard InChI is InChI=1S/C20H20F3N3O3S/c1-4-14-9-15-17(24-19(30-3)25-18(15)29-11-16(27)28-2)26(14)10-12-6-5-7-13(8-12)20(21,22)23/h5-9H,4,10-11H2,1-3H3. The topological polar surface area (TPSA) is 66.2 Å². The third-order valence-corrected chi connectivity index (χ3v) is 5.03. The van der Waals surface area contributed by atoms with Crippen molar-refractivity contribution in [1.82, 2.24) is 14.5 Å². The number of thioether (sulfide) groups is 1. The Morgan fingerprint density at radius 1 is 1.23 bits per heavy atom. The maximum absolute atomic E-state index is 13.1. The highest BCUT2D eigenvalue weighted by Crippen LogP contribution is 2.32. The number of carbonyl (C=O) groups is 1. The molecule has 3 rings (SSSR count). The van der Waals surface area contributed by atoms with E-state index in [-0.39, 0.29) is 19.0 Å². The van der Waals surface area contributed by atoms with Gasteiger partial charge in [0.2, 0.25) is 5.88 Å². The van der Waals surface area contributed by atoms with Crippen LogP contribution in [-0.4, -0.2) is 40.5 Å². The number of hydrogen-bond donors (Lipinski definition) is 0. The van der Waals surface area contributed by atoms with Crippen LogP contribution >= 0.6 is 11.8 Å². The summed E-state index contributed by atoms with van der Waals surface area (Å²) >= 11 is 1.29. The molecule has 1 aromatic carbocycles. The summed E-state index contributed by atoms with van der Waals surface area (Å²) in [5, 5.41) is 1.01. The number of rotatable bonds is 7. The largest absolute Gasteiger partial charge is 0.466 e. The number of halogens is 3. The first-order chi connectivity index (χ1) is 14.3.